The largest absolute Gasteiger partial charge is 0.243 e. The zero-order valence-electron chi connectivity index (χ0n) is 18.3. The summed E-state index contributed by atoms with van der Waals surface area (Å²) in [5.41, 5.74) is 3.61. The minimum absolute atomic E-state index is 0.394. The quantitative estimate of drug-likeness (QED) is 0.690. The highest BCUT2D eigenvalue weighted by Crippen LogP contribution is 2.25. The Morgan fingerprint density at radius 1 is 0.821 bits per heavy atom. The number of hydrogen-bond acceptors (Lipinski definition) is 2. The van der Waals surface area contributed by atoms with E-state index in [2.05, 4.69) is 51.4 Å². The summed E-state index contributed by atoms with van der Waals surface area (Å²) >= 11 is 0. The highest BCUT2D eigenvalue weighted by Gasteiger charge is 2.33. The molecule has 152 valence electrons. The molecule has 0 aliphatic carbocycles. The van der Waals surface area contributed by atoms with Crippen molar-refractivity contribution in [3.8, 4) is 0 Å². The SMILES string of the molecule is Cc1ccc(S(=O)(=O)N2CCc3cc([Si](C)(C)C)c([Si](C)(C)C)cc3C2)cc1. The highest BCUT2D eigenvalue weighted by atomic mass is 32.2. The van der Waals surface area contributed by atoms with E-state index in [1.165, 1.54) is 16.3 Å². The molecule has 0 unspecified atom stereocenters. The third-order valence-electron chi connectivity index (χ3n) is 5.59. The first-order valence-corrected chi connectivity index (χ1v) is 18.5. The van der Waals surface area contributed by atoms with Crippen LogP contribution in [0.1, 0.15) is 16.7 Å². The van der Waals surface area contributed by atoms with Gasteiger partial charge in [0.15, 0.2) is 0 Å². The predicted molar refractivity (Wildman–Crippen MR) is 125 cm³/mol. The molecule has 0 N–H and O–H groups in total. The van der Waals surface area contributed by atoms with Gasteiger partial charge in [0.05, 0.1) is 21.0 Å². The van der Waals surface area contributed by atoms with E-state index in [1.54, 1.807) is 21.6 Å². The monoisotopic (exact) mass is 431 g/mol. The van der Waals surface area contributed by atoms with Gasteiger partial charge in [-0.2, -0.15) is 4.31 Å². The van der Waals surface area contributed by atoms with Gasteiger partial charge in [0.25, 0.3) is 0 Å². The van der Waals surface area contributed by atoms with Gasteiger partial charge in [-0.05, 0) is 36.6 Å². The second kappa shape index (κ2) is 7.24. The van der Waals surface area contributed by atoms with Crippen molar-refractivity contribution in [2.75, 3.05) is 6.54 Å². The molecule has 0 radical (unpaired) electrons. The molecule has 6 heteroatoms. The number of rotatable bonds is 4. The van der Waals surface area contributed by atoms with Gasteiger partial charge < -0.3 is 0 Å². The average Bonchev–Trinajstić information content (AvgIpc) is 2.59. The maximum Gasteiger partial charge on any atom is 0.243 e. The fourth-order valence-electron chi connectivity index (χ4n) is 3.89. The number of benzene rings is 2. The standard InChI is InChI=1S/C22H33NO2SSi2/c1-17-8-10-20(11-9-17)26(24,25)23-13-12-18-14-21(27(2,3)4)22(28(5,6)7)15-19(18)16-23/h8-11,14-15H,12-13,16H2,1-7H3. The lowest BCUT2D eigenvalue weighted by atomic mass is 10.0. The van der Waals surface area contributed by atoms with Crippen LogP contribution in [-0.2, 0) is 23.0 Å². The summed E-state index contributed by atoms with van der Waals surface area (Å²) in [6, 6.07) is 12.0. The maximum absolute atomic E-state index is 13.2. The van der Waals surface area contributed by atoms with Crippen LogP contribution in [0, 0.1) is 6.92 Å². The van der Waals surface area contributed by atoms with Crippen LogP contribution in [-0.4, -0.2) is 35.4 Å². The van der Waals surface area contributed by atoms with E-state index in [1.807, 2.05) is 19.1 Å². The molecule has 0 saturated heterocycles. The zero-order valence-corrected chi connectivity index (χ0v) is 21.1. The summed E-state index contributed by atoms with van der Waals surface area (Å²) in [5.74, 6) is 0. The van der Waals surface area contributed by atoms with Gasteiger partial charge in [-0.3, -0.25) is 0 Å². The van der Waals surface area contributed by atoms with E-state index < -0.39 is 26.2 Å². The van der Waals surface area contributed by atoms with Gasteiger partial charge in [0.1, 0.15) is 0 Å². The fourth-order valence-corrected chi connectivity index (χ4v) is 10.5. The third kappa shape index (κ3) is 4.20. The number of sulfonamides is 1. The van der Waals surface area contributed by atoms with Crippen LogP contribution in [0.15, 0.2) is 41.3 Å². The van der Waals surface area contributed by atoms with E-state index in [0.717, 1.165) is 12.0 Å². The normalized spacial score (nSPS) is 16.1. The first-order chi connectivity index (χ1) is 12.8. The molecule has 0 spiro atoms. The van der Waals surface area contributed by atoms with Crippen LogP contribution in [0.2, 0.25) is 39.3 Å². The Kier molecular flexibility index (Phi) is 5.55. The van der Waals surface area contributed by atoms with Gasteiger partial charge in [-0.25, -0.2) is 8.42 Å². The van der Waals surface area contributed by atoms with Crippen molar-refractivity contribution in [3.05, 3.63) is 53.1 Å². The molecule has 0 bridgehead atoms. The second-order valence-corrected chi connectivity index (χ2v) is 22.1. The van der Waals surface area contributed by atoms with Gasteiger partial charge >= 0.3 is 0 Å². The number of hydrogen-bond donors (Lipinski definition) is 0. The van der Waals surface area contributed by atoms with Crippen molar-refractivity contribution in [2.24, 2.45) is 0 Å². The zero-order chi connectivity index (χ0) is 20.9. The average molecular weight is 432 g/mol. The van der Waals surface area contributed by atoms with Crippen LogP contribution >= 0.6 is 0 Å². The molecule has 2 aromatic rings. The van der Waals surface area contributed by atoms with Crippen molar-refractivity contribution in [1.82, 2.24) is 4.31 Å². The molecular weight excluding hydrogens is 398 g/mol. The summed E-state index contributed by atoms with van der Waals surface area (Å²) < 4.78 is 28.0. The minimum Gasteiger partial charge on any atom is -0.207 e. The van der Waals surface area contributed by atoms with Gasteiger partial charge in [0, 0.05) is 13.1 Å². The first kappa shape index (κ1) is 21.5. The second-order valence-electron chi connectivity index (χ2n) is 10.1. The number of nitrogens with zero attached hydrogens (tertiary/aromatic N) is 1. The van der Waals surface area contributed by atoms with Crippen molar-refractivity contribution in [3.63, 3.8) is 0 Å². The van der Waals surface area contributed by atoms with E-state index in [9.17, 15) is 8.42 Å². The molecule has 0 fully saturated rings. The molecule has 0 amide bonds. The Labute approximate surface area is 172 Å². The summed E-state index contributed by atoms with van der Waals surface area (Å²) in [6.45, 7) is 17.4. The molecule has 3 nitrogen and oxygen atoms in total. The lowest BCUT2D eigenvalue weighted by Gasteiger charge is -2.34. The summed E-state index contributed by atoms with van der Waals surface area (Å²) in [4.78, 5) is 0.394. The van der Waals surface area contributed by atoms with Gasteiger partial charge in [-0.15, -0.1) is 0 Å². The summed E-state index contributed by atoms with van der Waals surface area (Å²) in [7, 11) is -6.43. The molecule has 3 rings (SSSR count). The van der Waals surface area contributed by atoms with Crippen LogP contribution in [0.3, 0.4) is 0 Å². The van der Waals surface area contributed by atoms with Gasteiger partial charge in [-0.1, -0.05) is 79.5 Å². The number of aryl methyl sites for hydroxylation is 1. The van der Waals surface area contributed by atoms with Crippen molar-refractivity contribution >= 4 is 36.5 Å². The van der Waals surface area contributed by atoms with Crippen molar-refractivity contribution < 1.29 is 8.42 Å². The maximum atomic E-state index is 13.2. The first-order valence-electron chi connectivity index (χ1n) is 10.0. The molecule has 0 aromatic heterocycles. The van der Waals surface area contributed by atoms with Crippen LogP contribution in [0.4, 0.5) is 0 Å². The van der Waals surface area contributed by atoms with E-state index in [-0.39, 0.29) is 0 Å². The molecule has 1 aliphatic heterocycles. The van der Waals surface area contributed by atoms with Crippen molar-refractivity contribution in [1.29, 1.82) is 0 Å². The third-order valence-corrected chi connectivity index (χ3v) is 11.8. The molecule has 28 heavy (non-hydrogen) atoms. The lowest BCUT2D eigenvalue weighted by Crippen LogP contribution is -2.57. The van der Waals surface area contributed by atoms with E-state index in [4.69, 9.17) is 0 Å². The molecule has 2 aromatic carbocycles. The fraction of sp³-hybridized carbons (Fsp3) is 0.455. The Morgan fingerprint density at radius 2 is 1.32 bits per heavy atom. The van der Waals surface area contributed by atoms with E-state index >= 15 is 0 Å². The lowest BCUT2D eigenvalue weighted by molar-refractivity contribution is 0.391. The van der Waals surface area contributed by atoms with Crippen LogP contribution < -0.4 is 10.4 Å². The Hall–Kier alpha value is -1.22. The molecule has 1 aliphatic rings. The molecular formula is C22H33NO2SSi2. The van der Waals surface area contributed by atoms with Crippen molar-refractivity contribution in [2.45, 2.75) is 64.1 Å². The van der Waals surface area contributed by atoms with E-state index in [0.29, 0.717) is 18.0 Å². The molecule has 1 heterocycles. The summed E-state index contributed by atoms with van der Waals surface area (Å²) in [6.07, 6.45) is 0.796. The molecule has 0 atom stereocenters. The van der Waals surface area contributed by atoms with Crippen LogP contribution in [0.25, 0.3) is 0 Å². The Morgan fingerprint density at radius 3 is 1.82 bits per heavy atom. The molecule has 0 saturated carbocycles. The summed E-state index contributed by atoms with van der Waals surface area (Å²) in [5, 5.41) is 3.08. The Balaban J connectivity index is 2.02. The Bertz CT molecular complexity index is 985. The van der Waals surface area contributed by atoms with Gasteiger partial charge in [0.2, 0.25) is 10.0 Å². The highest BCUT2D eigenvalue weighted by molar-refractivity contribution is 7.89. The topological polar surface area (TPSA) is 37.4 Å². The van der Waals surface area contributed by atoms with Crippen LogP contribution in [0.5, 0.6) is 0 Å². The minimum atomic E-state index is -3.46. The smallest absolute Gasteiger partial charge is 0.207 e. The number of fused-ring (bicyclic) bond motifs is 1. The predicted octanol–water partition coefficient (Wildman–Crippen LogP) is 3.83.